The summed E-state index contributed by atoms with van der Waals surface area (Å²) in [7, 11) is 3.35. The molecule has 1 aliphatic heterocycles. The van der Waals surface area contributed by atoms with Crippen LogP contribution in [0.25, 0.3) is 0 Å². The normalized spacial score (nSPS) is 17.0. The number of benzene rings is 2. The van der Waals surface area contributed by atoms with Crippen molar-refractivity contribution >= 4 is 0 Å². The van der Waals surface area contributed by atoms with Crippen LogP contribution in [0.5, 0.6) is 17.2 Å². The van der Waals surface area contributed by atoms with E-state index in [1.165, 1.54) is 11.1 Å². The average molecular weight is 270 g/mol. The third-order valence-corrected chi connectivity index (χ3v) is 3.76. The number of hydrogen-bond donors (Lipinski definition) is 0. The van der Waals surface area contributed by atoms with E-state index in [1.54, 1.807) is 14.2 Å². The fraction of sp³-hybridized carbons (Fsp3) is 0.294. The van der Waals surface area contributed by atoms with Crippen molar-refractivity contribution in [3.05, 3.63) is 53.6 Å². The molecule has 0 radical (unpaired) electrons. The van der Waals surface area contributed by atoms with Crippen molar-refractivity contribution in [2.75, 3.05) is 20.8 Å². The van der Waals surface area contributed by atoms with Crippen molar-refractivity contribution in [2.45, 2.75) is 12.3 Å². The first-order valence-corrected chi connectivity index (χ1v) is 6.74. The lowest BCUT2D eigenvalue weighted by molar-refractivity contribution is 0.259. The molecule has 0 fully saturated rings. The molecule has 3 nitrogen and oxygen atoms in total. The standard InChI is InChI=1S/C17H18O3/c1-18-14-7-8-15(17(10-14)19-2)13-9-12-5-3-4-6-16(12)20-11-13/h3-8,10,13H,9,11H2,1-2H3. The van der Waals surface area contributed by atoms with E-state index in [1.807, 2.05) is 24.3 Å². The highest BCUT2D eigenvalue weighted by Crippen LogP contribution is 2.37. The van der Waals surface area contributed by atoms with E-state index in [2.05, 4.69) is 18.2 Å². The summed E-state index contributed by atoms with van der Waals surface area (Å²) in [6.07, 6.45) is 0.971. The van der Waals surface area contributed by atoms with Crippen LogP contribution < -0.4 is 14.2 Å². The number of ether oxygens (including phenoxy) is 3. The third kappa shape index (κ3) is 2.31. The second-order valence-electron chi connectivity index (χ2n) is 4.93. The molecule has 1 unspecified atom stereocenters. The minimum atomic E-state index is 0.311. The van der Waals surface area contributed by atoms with Gasteiger partial charge in [-0.2, -0.15) is 0 Å². The number of para-hydroxylation sites is 1. The van der Waals surface area contributed by atoms with Crippen molar-refractivity contribution in [3.63, 3.8) is 0 Å². The molecule has 2 aromatic carbocycles. The molecule has 0 aliphatic carbocycles. The molecule has 1 atom stereocenters. The van der Waals surface area contributed by atoms with Crippen LogP contribution in [0.3, 0.4) is 0 Å². The lowest BCUT2D eigenvalue weighted by atomic mass is 9.90. The largest absolute Gasteiger partial charge is 0.497 e. The molecule has 2 aromatic rings. The van der Waals surface area contributed by atoms with Gasteiger partial charge in [-0.05, 0) is 24.1 Å². The summed E-state index contributed by atoms with van der Waals surface area (Å²) >= 11 is 0. The molecular formula is C17H18O3. The minimum Gasteiger partial charge on any atom is -0.497 e. The fourth-order valence-corrected chi connectivity index (χ4v) is 2.68. The molecule has 20 heavy (non-hydrogen) atoms. The van der Waals surface area contributed by atoms with Crippen molar-refractivity contribution in [1.82, 2.24) is 0 Å². The Morgan fingerprint density at radius 2 is 1.90 bits per heavy atom. The summed E-state index contributed by atoms with van der Waals surface area (Å²) in [5.74, 6) is 2.97. The molecular weight excluding hydrogens is 252 g/mol. The Kier molecular flexibility index (Phi) is 3.50. The lowest BCUT2D eigenvalue weighted by Crippen LogP contribution is -2.19. The summed E-state index contributed by atoms with van der Waals surface area (Å²) in [4.78, 5) is 0. The predicted octanol–water partition coefficient (Wildman–Crippen LogP) is 3.42. The quantitative estimate of drug-likeness (QED) is 0.855. The van der Waals surface area contributed by atoms with Crippen molar-refractivity contribution in [2.24, 2.45) is 0 Å². The molecule has 3 rings (SSSR count). The molecule has 1 heterocycles. The van der Waals surface area contributed by atoms with E-state index in [9.17, 15) is 0 Å². The summed E-state index contributed by atoms with van der Waals surface area (Å²) in [6, 6.07) is 14.2. The zero-order valence-corrected chi connectivity index (χ0v) is 11.8. The number of hydrogen-bond acceptors (Lipinski definition) is 3. The number of rotatable bonds is 3. The molecule has 104 valence electrons. The van der Waals surface area contributed by atoms with Crippen LogP contribution in [0.2, 0.25) is 0 Å². The highest BCUT2D eigenvalue weighted by molar-refractivity contribution is 5.45. The molecule has 0 bridgehead atoms. The maximum absolute atomic E-state index is 5.86. The van der Waals surface area contributed by atoms with Crippen molar-refractivity contribution < 1.29 is 14.2 Å². The van der Waals surface area contributed by atoms with E-state index < -0.39 is 0 Å². The van der Waals surface area contributed by atoms with Crippen LogP contribution in [0.1, 0.15) is 17.0 Å². The Bertz CT molecular complexity index is 607. The maximum Gasteiger partial charge on any atom is 0.126 e. The number of methoxy groups -OCH3 is 2. The van der Waals surface area contributed by atoms with Gasteiger partial charge in [0.2, 0.25) is 0 Å². The summed E-state index contributed by atoms with van der Waals surface area (Å²) in [5, 5.41) is 0. The second kappa shape index (κ2) is 5.45. The van der Waals surface area contributed by atoms with Crippen LogP contribution in [0, 0.1) is 0 Å². The van der Waals surface area contributed by atoms with Crippen molar-refractivity contribution in [1.29, 1.82) is 0 Å². The average Bonchev–Trinajstić information content (AvgIpc) is 2.53. The van der Waals surface area contributed by atoms with Gasteiger partial charge in [0.05, 0.1) is 20.8 Å². The summed E-state index contributed by atoms with van der Waals surface area (Å²) in [6.45, 7) is 0.680. The van der Waals surface area contributed by atoms with E-state index in [4.69, 9.17) is 14.2 Å². The Balaban J connectivity index is 1.91. The van der Waals surface area contributed by atoms with Gasteiger partial charge in [-0.15, -0.1) is 0 Å². The molecule has 0 saturated carbocycles. The highest BCUT2D eigenvalue weighted by Gasteiger charge is 2.23. The van der Waals surface area contributed by atoms with Crippen LogP contribution in [-0.4, -0.2) is 20.8 Å². The van der Waals surface area contributed by atoms with Gasteiger partial charge in [-0.1, -0.05) is 24.3 Å². The Labute approximate surface area is 119 Å². The van der Waals surface area contributed by atoms with Crippen LogP contribution >= 0.6 is 0 Å². The van der Waals surface area contributed by atoms with E-state index in [0.717, 1.165) is 23.7 Å². The minimum absolute atomic E-state index is 0.311. The summed E-state index contributed by atoms with van der Waals surface area (Å²) < 4.78 is 16.6. The van der Waals surface area contributed by atoms with Gasteiger partial charge < -0.3 is 14.2 Å². The van der Waals surface area contributed by atoms with Crippen LogP contribution in [0.15, 0.2) is 42.5 Å². The SMILES string of the molecule is COc1ccc(C2COc3ccccc3C2)c(OC)c1. The van der Waals surface area contributed by atoms with Gasteiger partial charge in [-0.25, -0.2) is 0 Å². The summed E-state index contributed by atoms with van der Waals surface area (Å²) in [5.41, 5.74) is 2.42. The molecule has 0 saturated heterocycles. The van der Waals surface area contributed by atoms with Gasteiger partial charge in [0.1, 0.15) is 17.2 Å². The van der Waals surface area contributed by atoms with E-state index in [-0.39, 0.29) is 0 Å². The van der Waals surface area contributed by atoms with Gasteiger partial charge in [-0.3, -0.25) is 0 Å². The molecule has 0 amide bonds. The third-order valence-electron chi connectivity index (χ3n) is 3.76. The molecule has 0 spiro atoms. The topological polar surface area (TPSA) is 27.7 Å². The zero-order chi connectivity index (χ0) is 13.9. The molecule has 3 heteroatoms. The monoisotopic (exact) mass is 270 g/mol. The first-order chi connectivity index (χ1) is 9.81. The maximum atomic E-state index is 5.86. The predicted molar refractivity (Wildman–Crippen MR) is 77.9 cm³/mol. The Hall–Kier alpha value is -2.16. The van der Waals surface area contributed by atoms with Gasteiger partial charge >= 0.3 is 0 Å². The van der Waals surface area contributed by atoms with Crippen molar-refractivity contribution in [3.8, 4) is 17.2 Å². The van der Waals surface area contributed by atoms with Gasteiger partial charge in [0.25, 0.3) is 0 Å². The second-order valence-corrected chi connectivity index (χ2v) is 4.93. The van der Waals surface area contributed by atoms with Crippen LogP contribution in [-0.2, 0) is 6.42 Å². The van der Waals surface area contributed by atoms with Gasteiger partial charge in [0.15, 0.2) is 0 Å². The number of fused-ring (bicyclic) bond motifs is 1. The van der Waals surface area contributed by atoms with E-state index >= 15 is 0 Å². The molecule has 1 aliphatic rings. The Morgan fingerprint density at radius 3 is 2.70 bits per heavy atom. The lowest BCUT2D eigenvalue weighted by Gasteiger charge is -2.26. The smallest absolute Gasteiger partial charge is 0.126 e. The molecule has 0 aromatic heterocycles. The van der Waals surface area contributed by atoms with E-state index in [0.29, 0.717) is 12.5 Å². The van der Waals surface area contributed by atoms with Gasteiger partial charge in [0, 0.05) is 17.5 Å². The first-order valence-electron chi connectivity index (χ1n) is 6.74. The first kappa shape index (κ1) is 12.9. The van der Waals surface area contributed by atoms with Crippen LogP contribution in [0.4, 0.5) is 0 Å². The Morgan fingerprint density at radius 1 is 1.05 bits per heavy atom. The fourth-order valence-electron chi connectivity index (χ4n) is 2.68. The highest BCUT2D eigenvalue weighted by atomic mass is 16.5. The zero-order valence-electron chi connectivity index (χ0n) is 11.8. The molecule has 0 N–H and O–H groups in total.